The number of amides is 2. The van der Waals surface area contributed by atoms with Gasteiger partial charge in [-0.3, -0.25) is 14.5 Å². The molecule has 134 valence electrons. The fourth-order valence-electron chi connectivity index (χ4n) is 2.45. The van der Waals surface area contributed by atoms with Crippen LogP contribution in [0.1, 0.15) is 18.1 Å². The number of benzene rings is 2. The van der Waals surface area contributed by atoms with E-state index in [2.05, 4.69) is 15.9 Å². The van der Waals surface area contributed by atoms with E-state index in [0.717, 1.165) is 21.8 Å². The van der Waals surface area contributed by atoms with Crippen LogP contribution >= 0.6 is 27.7 Å². The Labute approximate surface area is 163 Å². The number of hydrogen-bond acceptors (Lipinski definition) is 5. The summed E-state index contributed by atoms with van der Waals surface area (Å²) in [5.41, 5.74) is 1.56. The second-order valence-electron chi connectivity index (χ2n) is 5.55. The Bertz CT molecular complexity index is 880. The van der Waals surface area contributed by atoms with E-state index in [1.54, 1.807) is 18.2 Å². The first kappa shape index (κ1) is 18.5. The molecule has 1 N–H and O–H groups in total. The van der Waals surface area contributed by atoms with Gasteiger partial charge in [-0.25, -0.2) is 0 Å². The van der Waals surface area contributed by atoms with Crippen LogP contribution in [-0.4, -0.2) is 27.8 Å². The first-order chi connectivity index (χ1) is 12.5. The predicted octanol–water partition coefficient (Wildman–Crippen LogP) is 4.79. The first-order valence-corrected chi connectivity index (χ1v) is 9.54. The molecule has 1 saturated heterocycles. The molecule has 1 heterocycles. The van der Waals surface area contributed by atoms with E-state index in [1.165, 1.54) is 11.0 Å². The largest absolute Gasteiger partial charge is 0.504 e. The Morgan fingerprint density at radius 1 is 1.19 bits per heavy atom. The third-order valence-corrected chi connectivity index (χ3v) is 5.15. The molecule has 2 aromatic carbocycles. The number of nitrogens with zero attached hydrogens (tertiary/aromatic N) is 1. The van der Waals surface area contributed by atoms with E-state index in [1.807, 2.05) is 31.2 Å². The van der Waals surface area contributed by atoms with Crippen LogP contribution in [0.15, 0.2) is 51.8 Å². The predicted molar refractivity (Wildman–Crippen MR) is 105 cm³/mol. The number of phenols is 1. The van der Waals surface area contributed by atoms with Crippen molar-refractivity contribution in [2.45, 2.75) is 13.5 Å². The summed E-state index contributed by atoms with van der Waals surface area (Å²) in [6, 6.07) is 12.3. The maximum Gasteiger partial charge on any atom is 0.293 e. The van der Waals surface area contributed by atoms with Gasteiger partial charge in [0, 0.05) is 4.47 Å². The topological polar surface area (TPSA) is 66.8 Å². The highest BCUT2D eigenvalue weighted by Crippen LogP contribution is 2.35. The molecule has 1 fully saturated rings. The van der Waals surface area contributed by atoms with Crippen LogP contribution in [0.4, 0.5) is 4.79 Å². The van der Waals surface area contributed by atoms with Crippen LogP contribution in [0.3, 0.4) is 0 Å². The number of aromatic hydroxyl groups is 1. The van der Waals surface area contributed by atoms with Gasteiger partial charge in [-0.2, -0.15) is 0 Å². The van der Waals surface area contributed by atoms with Crippen LogP contribution < -0.4 is 4.74 Å². The van der Waals surface area contributed by atoms with Crippen LogP contribution in [0, 0.1) is 0 Å². The summed E-state index contributed by atoms with van der Waals surface area (Å²) < 4.78 is 6.29. The molecule has 0 radical (unpaired) electrons. The lowest BCUT2D eigenvalue weighted by Gasteiger charge is -2.12. The van der Waals surface area contributed by atoms with E-state index >= 15 is 0 Å². The molecule has 7 heteroatoms. The van der Waals surface area contributed by atoms with Crippen molar-refractivity contribution in [1.29, 1.82) is 0 Å². The van der Waals surface area contributed by atoms with Gasteiger partial charge in [0.2, 0.25) is 0 Å². The number of ether oxygens (including phenoxy) is 1. The van der Waals surface area contributed by atoms with Gasteiger partial charge in [0.1, 0.15) is 0 Å². The lowest BCUT2D eigenvalue weighted by atomic mass is 10.1. The average molecular weight is 434 g/mol. The monoisotopic (exact) mass is 433 g/mol. The van der Waals surface area contributed by atoms with Crippen molar-refractivity contribution in [3.63, 3.8) is 0 Å². The zero-order chi connectivity index (χ0) is 18.7. The van der Waals surface area contributed by atoms with Gasteiger partial charge in [0.05, 0.1) is 18.1 Å². The molecule has 5 nitrogen and oxygen atoms in total. The molecule has 0 saturated carbocycles. The minimum Gasteiger partial charge on any atom is -0.504 e. The van der Waals surface area contributed by atoms with Gasteiger partial charge in [0.25, 0.3) is 11.1 Å². The zero-order valence-corrected chi connectivity index (χ0v) is 16.3. The Balaban J connectivity index is 1.80. The molecule has 0 aliphatic carbocycles. The van der Waals surface area contributed by atoms with Crippen molar-refractivity contribution >= 4 is 44.9 Å². The minimum absolute atomic E-state index is 0.0346. The van der Waals surface area contributed by atoms with E-state index in [0.29, 0.717) is 22.8 Å². The number of hydrogen-bond donors (Lipinski definition) is 1. The number of carbonyl (C=O) groups is 2. The van der Waals surface area contributed by atoms with E-state index < -0.39 is 0 Å². The van der Waals surface area contributed by atoms with Crippen molar-refractivity contribution in [1.82, 2.24) is 4.90 Å². The molecular formula is C19H16BrNO4S. The molecule has 2 amide bonds. The summed E-state index contributed by atoms with van der Waals surface area (Å²) in [6.07, 6.45) is 1.63. The minimum atomic E-state index is -0.325. The van der Waals surface area contributed by atoms with Crippen LogP contribution in [0.25, 0.3) is 6.08 Å². The molecule has 0 spiro atoms. The number of phenolic OH excluding ortho intramolecular Hbond substituents is 1. The third kappa shape index (κ3) is 4.11. The highest BCUT2D eigenvalue weighted by atomic mass is 79.9. The zero-order valence-electron chi connectivity index (χ0n) is 13.9. The number of halogens is 1. The lowest BCUT2D eigenvalue weighted by Crippen LogP contribution is -2.27. The summed E-state index contributed by atoms with van der Waals surface area (Å²) in [7, 11) is 0. The molecule has 3 rings (SSSR count). The molecule has 0 bridgehead atoms. The quantitative estimate of drug-likeness (QED) is 0.686. The summed E-state index contributed by atoms with van der Waals surface area (Å²) in [5.74, 6) is 0.0524. The van der Waals surface area contributed by atoms with E-state index in [9.17, 15) is 14.7 Å². The Morgan fingerprint density at radius 2 is 1.92 bits per heavy atom. The first-order valence-electron chi connectivity index (χ1n) is 7.93. The smallest absolute Gasteiger partial charge is 0.293 e. The molecule has 1 aliphatic rings. The molecule has 0 aromatic heterocycles. The van der Waals surface area contributed by atoms with Crippen molar-refractivity contribution in [3.05, 3.63) is 63.0 Å². The SMILES string of the molecule is CCOc1cc(C=C2SC(=O)N(Cc3ccc(Br)cc3)C2=O)ccc1O. The standard InChI is InChI=1S/C19H16BrNO4S/c1-2-25-16-9-13(5-8-15(16)22)10-17-18(23)21(19(24)26-17)11-12-3-6-14(20)7-4-12/h3-10,22H,2,11H2,1H3. The number of rotatable bonds is 5. The molecule has 2 aromatic rings. The summed E-state index contributed by atoms with van der Waals surface area (Å²) in [5, 5.41) is 9.46. The maximum atomic E-state index is 12.6. The average Bonchev–Trinajstić information content (AvgIpc) is 2.87. The summed E-state index contributed by atoms with van der Waals surface area (Å²) >= 11 is 4.27. The van der Waals surface area contributed by atoms with Gasteiger partial charge in [-0.1, -0.05) is 34.1 Å². The van der Waals surface area contributed by atoms with Gasteiger partial charge < -0.3 is 9.84 Å². The van der Waals surface area contributed by atoms with Crippen molar-refractivity contribution in [2.24, 2.45) is 0 Å². The fourth-order valence-corrected chi connectivity index (χ4v) is 3.55. The molecule has 0 atom stereocenters. The third-order valence-electron chi connectivity index (χ3n) is 3.71. The number of carbonyl (C=O) groups excluding carboxylic acids is 2. The second kappa shape index (κ2) is 7.97. The van der Waals surface area contributed by atoms with Gasteiger partial charge >= 0.3 is 0 Å². The Hall–Kier alpha value is -2.25. The highest BCUT2D eigenvalue weighted by molar-refractivity contribution is 9.10. The highest BCUT2D eigenvalue weighted by Gasteiger charge is 2.35. The lowest BCUT2D eigenvalue weighted by molar-refractivity contribution is -0.123. The summed E-state index contributed by atoms with van der Waals surface area (Å²) in [6.45, 7) is 2.47. The number of thioether (sulfide) groups is 1. The van der Waals surface area contributed by atoms with Crippen LogP contribution in [0.2, 0.25) is 0 Å². The second-order valence-corrected chi connectivity index (χ2v) is 7.46. The molecular weight excluding hydrogens is 418 g/mol. The van der Waals surface area contributed by atoms with Crippen molar-refractivity contribution in [2.75, 3.05) is 6.61 Å². The van der Waals surface area contributed by atoms with Crippen molar-refractivity contribution < 1.29 is 19.4 Å². The van der Waals surface area contributed by atoms with E-state index in [-0.39, 0.29) is 23.4 Å². The van der Waals surface area contributed by atoms with Gasteiger partial charge in [-0.05, 0) is 60.2 Å². The Morgan fingerprint density at radius 3 is 2.62 bits per heavy atom. The van der Waals surface area contributed by atoms with Gasteiger partial charge in [0.15, 0.2) is 11.5 Å². The van der Waals surface area contributed by atoms with Crippen molar-refractivity contribution in [3.8, 4) is 11.5 Å². The molecule has 26 heavy (non-hydrogen) atoms. The normalized spacial score (nSPS) is 15.8. The summed E-state index contributed by atoms with van der Waals surface area (Å²) in [4.78, 5) is 26.4. The van der Waals surface area contributed by atoms with E-state index in [4.69, 9.17) is 4.74 Å². The maximum absolute atomic E-state index is 12.6. The Kier molecular flexibility index (Phi) is 5.68. The fraction of sp³-hybridized carbons (Fsp3) is 0.158. The molecule has 1 aliphatic heterocycles. The molecule has 0 unspecified atom stereocenters. The van der Waals surface area contributed by atoms with Crippen LogP contribution in [-0.2, 0) is 11.3 Å². The van der Waals surface area contributed by atoms with Crippen LogP contribution in [0.5, 0.6) is 11.5 Å². The van der Waals surface area contributed by atoms with Gasteiger partial charge in [-0.15, -0.1) is 0 Å². The number of imide groups is 1.